The number of ether oxygens (including phenoxy) is 1. The first-order chi connectivity index (χ1) is 14.6. The standard InChI is InChI=1S/C23H41O6P/c1-3-5-6-7-8-9-10-11-12-13-14-15-17-27-30(25)28-19-20-18-26-23(24)22(20)21(29-30)16-4-2/h20H,3-19H2,1-2H3/t20-,30?/m0/s1. The molecule has 7 heteroatoms. The van der Waals surface area contributed by atoms with Crippen molar-refractivity contribution in [2.24, 2.45) is 5.92 Å². The van der Waals surface area contributed by atoms with E-state index in [0.29, 0.717) is 24.4 Å². The van der Waals surface area contributed by atoms with Crippen molar-refractivity contribution >= 4 is 14.1 Å². The highest BCUT2D eigenvalue weighted by molar-refractivity contribution is 7.54. The third-order valence-electron chi connectivity index (χ3n) is 5.72. The Hall–Kier alpha value is -0.680. The van der Waals surface area contributed by atoms with Crippen LogP contribution in [-0.2, 0) is 23.1 Å². The zero-order chi connectivity index (χ0) is 21.7. The normalized spacial score (nSPS) is 23.8. The first kappa shape index (κ1) is 25.6. The first-order valence-corrected chi connectivity index (χ1v) is 13.5. The van der Waals surface area contributed by atoms with E-state index in [1.807, 2.05) is 6.92 Å². The lowest BCUT2D eigenvalue weighted by Gasteiger charge is -2.24. The van der Waals surface area contributed by atoms with Crippen LogP contribution >= 0.6 is 8.17 Å². The summed E-state index contributed by atoms with van der Waals surface area (Å²) >= 11 is 0. The summed E-state index contributed by atoms with van der Waals surface area (Å²) < 4.78 is 21.7. The van der Waals surface area contributed by atoms with Crippen LogP contribution in [0.2, 0.25) is 0 Å². The van der Waals surface area contributed by atoms with Crippen LogP contribution in [0.1, 0.15) is 104 Å². The molecule has 0 aromatic heterocycles. The largest absolute Gasteiger partial charge is 0.598 e. The Morgan fingerprint density at radius 3 is 2.10 bits per heavy atom. The quantitative estimate of drug-likeness (QED) is 0.165. The predicted octanol–water partition coefficient (Wildman–Crippen LogP) is 6.02. The van der Waals surface area contributed by atoms with Gasteiger partial charge in [-0.15, -0.1) is 0 Å². The van der Waals surface area contributed by atoms with Crippen molar-refractivity contribution in [2.75, 3.05) is 19.8 Å². The van der Waals surface area contributed by atoms with E-state index in [9.17, 15) is 9.69 Å². The fourth-order valence-corrected chi connectivity index (χ4v) is 5.31. The van der Waals surface area contributed by atoms with Gasteiger partial charge in [0, 0.05) is 6.42 Å². The molecule has 2 aliphatic rings. The monoisotopic (exact) mass is 444 g/mol. The van der Waals surface area contributed by atoms with Crippen LogP contribution in [0.3, 0.4) is 0 Å². The molecule has 2 heterocycles. The fraction of sp³-hybridized carbons (Fsp3) is 0.870. The Morgan fingerprint density at radius 1 is 0.900 bits per heavy atom. The molecule has 0 amide bonds. The molecule has 2 atom stereocenters. The second kappa shape index (κ2) is 14.4. The lowest BCUT2D eigenvalue weighted by Crippen LogP contribution is -2.20. The molecule has 30 heavy (non-hydrogen) atoms. The number of carbonyl (C=O) groups excluding carboxylic acids is 1. The molecule has 2 aliphatic heterocycles. The molecular formula is C23H41O6P. The maximum atomic E-state index is 12.9. The maximum absolute atomic E-state index is 12.9. The van der Waals surface area contributed by atoms with E-state index in [1.165, 1.54) is 64.2 Å². The van der Waals surface area contributed by atoms with Gasteiger partial charge in [-0.3, -0.25) is 4.52 Å². The van der Waals surface area contributed by atoms with Gasteiger partial charge in [0.05, 0.1) is 18.1 Å². The van der Waals surface area contributed by atoms with Crippen LogP contribution in [0.4, 0.5) is 0 Å². The predicted molar refractivity (Wildman–Crippen MR) is 117 cm³/mol. The van der Waals surface area contributed by atoms with Crippen molar-refractivity contribution < 1.29 is 28.0 Å². The Bertz CT molecular complexity index is 538. The number of esters is 1. The van der Waals surface area contributed by atoms with E-state index in [1.54, 1.807) is 0 Å². The molecule has 0 aromatic carbocycles. The number of phosphoric acid groups is 1. The number of unbranched alkanes of at least 4 members (excludes halogenated alkanes) is 11. The minimum absolute atomic E-state index is 0.129. The number of cyclic esters (lactones) is 1. The van der Waals surface area contributed by atoms with Crippen LogP contribution in [0.25, 0.3) is 0 Å². The average Bonchev–Trinajstić information content (AvgIpc) is 3.03. The molecule has 0 aromatic rings. The van der Waals surface area contributed by atoms with E-state index in [0.717, 1.165) is 19.3 Å². The van der Waals surface area contributed by atoms with Crippen LogP contribution in [-0.4, -0.2) is 25.8 Å². The van der Waals surface area contributed by atoms with E-state index >= 15 is 0 Å². The van der Waals surface area contributed by atoms with Gasteiger partial charge in [0.1, 0.15) is 13.2 Å². The molecule has 1 fully saturated rings. The Morgan fingerprint density at radius 2 is 1.50 bits per heavy atom. The van der Waals surface area contributed by atoms with Crippen LogP contribution in [0, 0.1) is 5.92 Å². The van der Waals surface area contributed by atoms with Crippen molar-refractivity contribution in [3.8, 4) is 0 Å². The summed E-state index contributed by atoms with van der Waals surface area (Å²) in [5.41, 5.74) is 0.475. The number of rotatable bonds is 16. The smallest absolute Gasteiger partial charge is 0.428 e. The van der Waals surface area contributed by atoms with Gasteiger partial charge in [-0.2, -0.15) is 9.05 Å². The number of hydrogen-bond acceptors (Lipinski definition) is 6. The highest BCUT2D eigenvalue weighted by Gasteiger charge is 2.46. The molecule has 1 unspecified atom stereocenters. The molecule has 0 saturated carbocycles. The first-order valence-electron chi connectivity index (χ1n) is 12.1. The molecule has 0 spiro atoms. The summed E-state index contributed by atoms with van der Waals surface area (Å²) in [5, 5.41) is 0. The highest BCUT2D eigenvalue weighted by atomic mass is 31.2. The van der Waals surface area contributed by atoms with Gasteiger partial charge in [0.15, 0.2) is 5.76 Å². The summed E-state index contributed by atoms with van der Waals surface area (Å²) in [7, 11) is -3.67. The molecule has 6 nitrogen and oxygen atoms in total. The molecule has 0 aliphatic carbocycles. The lowest BCUT2D eigenvalue weighted by atomic mass is 10.0. The van der Waals surface area contributed by atoms with Gasteiger partial charge in [-0.1, -0.05) is 84.5 Å². The molecule has 2 rings (SSSR count). The van der Waals surface area contributed by atoms with Crippen LogP contribution in [0.15, 0.2) is 11.3 Å². The number of hydrogen-bond donors (Lipinski definition) is 0. The molecule has 1 saturated heterocycles. The number of carbonyl (C=O) groups is 1. The minimum atomic E-state index is -3.67. The second-order valence-electron chi connectivity index (χ2n) is 8.44. The summed E-state index contributed by atoms with van der Waals surface area (Å²) in [6.45, 7) is 4.96. The Kier molecular flexibility index (Phi) is 12.3. The van der Waals surface area contributed by atoms with Gasteiger partial charge in [-0.25, -0.2) is 4.79 Å². The van der Waals surface area contributed by atoms with Crippen molar-refractivity contribution in [3.05, 3.63) is 11.3 Å². The van der Waals surface area contributed by atoms with E-state index in [4.69, 9.17) is 18.3 Å². The zero-order valence-electron chi connectivity index (χ0n) is 19.0. The van der Waals surface area contributed by atoms with Crippen molar-refractivity contribution in [2.45, 2.75) is 104 Å². The zero-order valence-corrected chi connectivity index (χ0v) is 19.9. The fourth-order valence-electron chi connectivity index (χ4n) is 3.96. The van der Waals surface area contributed by atoms with Crippen molar-refractivity contribution in [1.29, 1.82) is 0 Å². The molecule has 0 N–H and O–H groups in total. The van der Waals surface area contributed by atoms with Gasteiger partial charge >= 0.3 is 14.1 Å². The summed E-state index contributed by atoms with van der Waals surface area (Å²) in [4.78, 5) is 24.9. The Labute approximate surface area is 183 Å². The number of phosphoric ester groups is 1. The van der Waals surface area contributed by atoms with Gasteiger partial charge in [0.2, 0.25) is 0 Å². The maximum Gasteiger partial charge on any atom is 0.428 e. The summed E-state index contributed by atoms with van der Waals surface area (Å²) in [5.74, 6) is -0.188. The number of fused-ring (bicyclic) bond motifs is 1. The van der Waals surface area contributed by atoms with E-state index in [2.05, 4.69) is 6.92 Å². The topological polar surface area (TPSA) is 77.0 Å². The lowest BCUT2D eigenvalue weighted by molar-refractivity contribution is -0.245. The molecule has 0 bridgehead atoms. The minimum Gasteiger partial charge on any atom is -0.598 e. The average molecular weight is 445 g/mol. The van der Waals surface area contributed by atoms with Gasteiger partial charge in [-0.05, 0) is 12.8 Å². The summed E-state index contributed by atoms with van der Waals surface area (Å²) in [6, 6.07) is 0. The van der Waals surface area contributed by atoms with Crippen molar-refractivity contribution in [1.82, 2.24) is 0 Å². The molecular weight excluding hydrogens is 403 g/mol. The summed E-state index contributed by atoms with van der Waals surface area (Å²) in [6.07, 6.45) is 16.4. The van der Waals surface area contributed by atoms with Crippen LogP contribution in [0.5, 0.6) is 0 Å². The van der Waals surface area contributed by atoms with Gasteiger partial charge < -0.3 is 9.63 Å². The SMILES string of the molecule is CCCCCCCCCCCCCCO[P+]1([O-])OC[C@@H]2COC(=O)C2=C(CCC)O1. The van der Waals surface area contributed by atoms with E-state index < -0.39 is 8.17 Å². The molecule has 174 valence electrons. The number of allylic oxidation sites excluding steroid dienone is 1. The van der Waals surface area contributed by atoms with Crippen molar-refractivity contribution in [3.63, 3.8) is 0 Å². The van der Waals surface area contributed by atoms with Crippen LogP contribution < -0.4 is 4.89 Å². The van der Waals surface area contributed by atoms with Gasteiger partial charge in [0.25, 0.3) is 0 Å². The Balaban J connectivity index is 1.58. The van der Waals surface area contributed by atoms with E-state index in [-0.39, 0.29) is 25.1 Å². The third-order valence-corrected chi connectivity index (χ3v) is 7.13. The third kappa shape index (κ3) is 8.82. The molecule has 0 radical (unpaired) electrons. The highest BCUT2D eigenvalue weighted by Crippen LogP contribution is 2.59. The second-order valence-corrected chi connectivity index (χ2v) is 10.0.